The van der Waals surface area contributed by atoms with E-state index < -0.39 is 17.5 Å². The Kier molecular flexibility index (Phi) is 4.34. The number of aromatic nitrogens is 4. The predicted molar refractivity (Wildman–Crippen MR) is 101 cm³/mol. The lowest BCUT2D eigenvalue weighted by Crippen LogP contribution is -2.50. The number of fused-ring (bicyclic) bond motifs is 4. The summed E-state index contributed by atoms with van der Waals surface area (Å²) in [6.07, 6.45) is 7.43. The Morgan fingerprint density at radius 2 is 1.90 bits per heavy atom. The quantitative estimate of drug-likeness (QED) is 0.603. The topological polar surface area (TPSA) is 63.9 Å². The third kappa shape index (κ3) is 2.79. The molecule has 1 saturated heterocycles. The van der Waals surface area contributed by atoms with Gasteiger partial charge >= 0.3 is 0 Å². The monoisotopic (exact) mass is 413 g/mol. The molecule has 30 heavy (non-hydrogen) atoms. The highest BCUT2D eigenvalue weighted by Gasteiger charge is 2.44. The molecule has 0 unspecified atom stereocenters. The molecule has 1 aromatic carbocycles. The van der Waals surface area contributed by atoms with Gasteiger partial charge < -0.3 is 4.90 Å². The maximum absolute atomic E-state index is 13.9. The van der Waals surface area contributed by atoms with Crippen LogP contribution in [-0.2, 0) is 13.5 Å². The van der Waals surface area contributed by atoms with Crippen LogP contribution in [0.1, 0.15) is 47.1 Å². The van der Waals surface area contributed by atoms with E-state index in [4.69, 9.17) is 0 Å². The van der Waals surface area contributed by atoms with Gasteiger partial charge in [0.1, 0.15) is 5.69 Å². The summed E-state index contributed by atoms with van der Waals surface area (Å²) in [6.45, 7) is 0. The van der Waals surface area contributed by atoms with Crippen molar-refractivity contribution >= 4 is 5.91 Å². The van der Waals surface area contributed by atoms with Gasteiger partial charge in [-0.25, -0.2) is 18.2 Å². The van der Waals surface area contributed by atoms with Crippen LogP contribution in [0.15, 0.2) is 30.7 Å². The molecule has 2 bridgehead atoms. The lowest BCUT2D eigenvalue weighted by Gasteiger charge is -2.45. The molecular weight excluding hydrogens is 395 g/mol. The van der Waals surface area contributed by atoms with Crippen molar-refractivity contribution in [3.63, 3.8) is 0 Å². The molecule has 0 saturated carbocycles. The Labute approximate surface area is 170 Å². The first-order valence-corrected chi connectivity index (χ1v) is 9.75. The number of rotatable bonds is 2. The normalized spacial score (nSPS) is 20.2. The van der Waals surface area contributed by atoms with Crippen molar-refractivity contribution in [3.8, 4) is 11.3 Å². The van der Waals surface area contributed by atoms with Crippen molar-refractivity contribution < 1.29 is 18.0 Å². The average molecular weight is 413 g/mol. The third-order valence-electron chi connectivity index (χ3n) is 5.95. The minimum Gasteiger partial charge on any atom is -0.325 e. The molecule has 4 heterocycles. The molecule has 0 aliphatic carbocycles. The van der Waals surface area contributed by atoms with E-state index in [-0.39, 0.29) is 29.2 Å². The third-order valence-corrected chi connectivity index (χ3v) is 5.95. The molecule has 1 amide bonds. The molecule has 2 aliphatic heterocycles. The van der Waals surface area contributed by atoms with E-state index in [0.29, 0.717) is 17.8 Å². The molecular formula is C21H18F3N5O. The first-order chi connectivity index (χ1) is 14.5. The summed E-state index contributed by atoms with van der Waals surface area (Å²) in [5.41, 5.74) is 2.61. The van der Waals surface area contributed by atoms with Crippen molar-refractivity contribution in [2.45, 2.75) is 37.8 Å². The van der Waals surface area contributed by atoms with Gasteiger partial charge in [-0.05, 0) is 37.8 Å². The van der Waals surface area contributed by atoms with Crippen LogP contribution in [0.5, 0.6) is 0 Å². The van der Waals surface area contributed by atoms with Crippen LogP contribution in [0.3, 0.4) is 0 Å². The summed E-state index contributed by atoms with van der Waals surface area (Å²) < 4.78 is 42.8. The van der Waals surface area contributed by atoms with Gasteiger partial charge in [0.15, 0.2) is 17.5 Å². The number of nitrogens with zero attached hydrogens (tertiary/aromatic N) is 5. The second kappa shape index (κ2) is 6.93. The fraction of sp³-hybridized carbons (Fsp3) is 0.333. The zero-order valence-corrected chi connectivity index (χ0v) is 16.1. The molecule has 3 aromatic rings. The summed E-state index contributed by atoms with van der Waals surface area (Å²) in [5.74, 6) is -4.17. The molecule has 0 N–H and O–H groups in total. The SMILES string of the molecule is Cn1nc2c(c1-c1cc(F)c(F)c(F)c1)C[C@H]1CCC[C@@H]2N1C(=O)c1cnccn1. The van der Waals surface area contributed by atoms with Crippen molar-refractivity contribution in [3.05, 3.63) is 65.1 Å². The summed E-state index contributed by atoms with van der Waals surface area (Å²) in [5, 5.41) is 4.60. The van der Waals surface area contributed by atoms with Crippen molar-refractivity contribution in [1.29, 1.82) is 0 Å². The number of hydrogen-bond donors (Lipinski definition) is 0. The van der Waals surface area contributed by atoms with Gasteiger partial charge in [-0.15, -0.1) is 0 Å². The first-order valence-electron chi connectivity index (χ1n) is 9.75. The van der Waals surface area contributed by atoms with E-state index in [2.05, 4.69) is 15.1 Å². The maximum atomic E-state index is 13.9. The van der Waals surface area contributed by atoms with E-state index >= 15 is 0 Å². The highest BCUT2D eigenvalue weighted by molar-refractivity contribution is 5.93. The van der Waals surface area contributed by atoms with Gasteiger partial charge in [-0.3, -0.25) is 14.5 Å². The Balaban J connectivity index is 1.60. The van der Waals surface area contributed by atoms with Gasteiger partial charge in [0.25, 0.3) is 5.91 Å². The number of benzene rings is 1. The van der Waals surface area contributed by atoms with E-state index in [1.807, 2.05) is 4.90 Å². The highest BCUT2D eigenvalue weighted by atomic mass is 19.2. The van der Waals surface area contributed by atoms with Gasteiger partial charge in [0.2, 0.25) is 0 Å². The van der Waals surface area contributed by atoms with E-state index in [1.54, 1.807) is 11.7 Å². The predicted octanol–water partition coefficient (Wildman–Crippen LogP) is 3.59. The molecule has 9 heteroatoms. The number of aryl methyl sites for hydroxylation is 1. The zero-order valence-electron chi connectivity index (χ0n) is 16.1. The lowest BCUT2D eigenvalue weighted by atomic mass is 9.81. The van der Waals surface area contributed by atoms with Crippen molar-refractivity contribution in [2.75, 3.05) is 0 Å². The number of amides is 1. The number of halogens is 3. The molecule has 0 radical (unpaired) electrons. The minimum atomic E-state index is -1.49. The van der Waals surface area contributed by atoms with Crippen LogP contribution in [0, 0.1) is 17.5 Å². The summed E-state index contributed by atoms with van der Waals surface area (Å²) in [6, 6.07) is 1.64. The van der Waals surface area contributed by atoms with Gasteiger partial charge in [-0.2, -0.15) is 5.10 Å². The highest BCUT2D eigenvalue weighted by Crippen LogP contribution is 2.45. The second-order valence-electron chi connectivity index (χ2n) is 7.70. The fourth-order valence-electron chi connectivity index (χ4n) is 4.74. The average Bonchev–Trinajstić information content (AvgIpc) is 3.07. The number of piperidine rings is 1. The standard InChI is InChI=1S/C21H18F3N5O/c1-28-20(11-7-14(22)18(24)15(23)8-11)13-9-12-3-2-4-17(19(13)27-28)29(12)21(30)16-10-25-5-6-26-16/h5-8,10,12,17H,2-4,9H2,1H3/t12-,17+/m1/s1. The smallest absolute Gasteiger partial charge is 0.274 e. The Hall–Kier alpha value is -3.23. The van der Waals surface area contributed by atoms with Crippen molar-refractivity contribution in [2.24, 2.45) is 7.05 Å². The Bertz CT molecular complexity index is 1120. The van der Waals surface area contributed by atoms with Crippen molar-refractivity contribution in [1.82, 2.24) is 24.6 Å². The van der Waals surface area contributed by atoms with Crippen LogP contribution < -0.4 is 0 Å². The number of carbonyl (C=O) groups excluding carboxylic acids is 1. The zero-order chi connectivity index (χ0) is 21.0. The van der Waals surface area contributed by atoms with Crippen LogP contribution in [0.2, 0.25) is 0 Å². The van der Waals surface area contributed by atoms with E-state index in [9.17, 15) is 18.0 Å². The largest absolute Gasteiger partial charge is 0.325 e. The lowest BCUT2D eigenvalue weighted by molar-refractivity contribution is 0.0385. The molecule has 2 aliphatic rings. The molecule has 6 nitrogen and oxygen atoms in total. The molecule has 1 fully saturated rings. The van der Waals surface area contributed by atoms with E-state index in [1.165, 1.54) is 18.6 Å². The van der Waals surface area contributed by atoms with Crippen LogP contribution in [0.4, 0.5) is 13.2 Å². The second-order valence-corrected chi connectivity index (χ2v) is 7.70. The Morgan fingerprint density at radius 3 is 2.60 bits per heavy atom. The fourth-order valence-corrected chi connectivity index (χ4v) is 4.74. The summed E-state index contributed by atoms with van der Waals surface area (Å²) in [4.78, 5) is 23.1. The molecule has 2 aromatic heterocycles. The maximum Gasteiger partial charge on any atom is 0.274 e. The molecule has 0 spiro atoms. The van der Waals surface area contributed by atoms with Gasteiger partial charge in [0.05, 0.1) is 23.6 Å². The summed E-state index contributed by atoms with van der Waals surface area (Å²) >= 11 is 0. The van der Waals surface area contributed by atoms with Crippen LogP contribution in [-0.4, -0.2) is 36.6 Å². The first kappa shape index (κ1) is 18.8. The van der Waals surface area contributed by atoms with Crippen LogP contribution in [0.25, 0.3) is 11.3 Å². The summed E-state index contributed by atoms with van der Waals surface area (Å²) in [7, 11) is 1.69. The number of carbonyl (C=O) groups is 1. The molecule has 2 atom stereocenters. The minimum absolute atomic E-state index is 0.0798. The molecule has 5 rings (SSSR count). The van der Waals surface area contributed by atoms with Gasteiger partial charge in [0, 0.05) is 36.6 Å². The van der Waals surface area contributed by atoms with Gasteiger partial charge in [-0.1, -0.05) is 0 Å². The van der Waals surface area contributed by atoms with E-state index in [0.717, 1.165) is 37.0 Å². The molecule has 154 valence electrons. The number of hydrogen-bond acceptors (Lipinski definition) is 4. The van der Waals surface area contributed by atoms with Crippen LogP contribution >= 0.6 is 0 Å². The Morgan fingerprint density at radius 1 is 1.13 bits per heavy atom.